The summed E-state index contributed by atoms with van der Waals surface area (Å²) in [6, 6.07) is 3.33. The largest absolute Gasteiger partial charge is 0.481 e. The van der Waals surface area contributed by atoms with E-state index < -0.39 is 11.5 Å². The zero-order chi connectivity index (χ0) is 13.2. The number of carbonyl (C=O) groups excluding carboxylic acids is 1. The van der Waals surface area contributed by atoms with Crippen molar-refractivity contribution in [1.29, 1.82) is 0 Å². The summed E-state index contributed by atoms with van der Waals surface area (Å²) in [5, 5.41) is 11.7. The number of pyridine rings is 1. The summed E-state index contributed by atoms with van der Waals surface area (Å²) < 4.78 is 0. The minimum Gasteiger partial charge on any atom is -0.481 e. The highest BCUT2D eigenvalue weighted by Gasteiger charge is 2.40. The molecule has 0 unspecified atom stereocenters. The van der Waals surface area contributed by atoms with Gasteiger partial charge in [-0.1, -0.05) is 0 Å². The van der Waals surface area contributed by atoms with Gasteiger partial charge in [0.2, 0.25) is 0 Å². The summed E-state index contributed by atoms with van der Waals surface area (Å²) in [7, 11) is 0. The molecule has 0 radical (unpaired) electrons. The third-order valence-corrected chi connectivity index (χ3v) is 3.34. The number of nitrogens with zero attached hydrogens (tertiary/aromatic N) is 1. The van der Waals surface area contributed by atoms with Crippen LogP contribution in [0.15, 0.2) is 18.3 Å². The van der Waals surface area contributed by atoms with E-state index in [1.165, 1.54) is 0 Å². The Kier molecular flexibility index (Phi) is 3.32. The number of nitrogens with one attached hydrogen (secondary N) is 1. The van der Waals surface area contributed by atoms with Crippen molar-refractivity contribution in [2.45, 2.75) is 38.1 Å². The Labute approximate surface area is 105 Å². The van der Waals surface area contributed by atoms with Crippen LogP contribution in [0.1, 0.15) is 41.7 Å². The van der Waals surface area contributed by atoms with Crippen molar-refractivity contribution in [3.63, 3.8) is 0 Å². The van der Waals surface area contributed by atoms with E-state index in [1.807, 2.05) is 6.92 Å². The second-order valence-electron chi connectivity index (χ2n) is 4.84. The molecule has 1 saturated carbocycles. The third-order valence-electron chi connectivity index (χ3n) is 3.34. The first-order chi connectivity index (χ1) is 8.51. The van der Waals surface area contributed by atoms with E-state index in [1.54, 1.807) is 18.3 Å². The Morgan fingerprint density at radius 3 is 2.72 bits per heavy atom. The molecule has 1 amide bonds. The van der Waals surface area contributed by atoms with Gasteiger partial charge in [-0.2, -0.15) is 0 Å². The number of rotatable bonds is 4. The van der Waals surface area contributed by atoms with Gasteiger partial charge in [-0.15, -0.1) is 0 Å². The second kappa shape index (κ2) is 4.76. The first-order valence-corrected chi connectivity index (χ1v) is 5.98. The van der Waals surface area contributed by atoms with E-state index >= 15 is 0 Å². The van der Waals surface area contributed by atoms with Crippen LogP contribution >= 0.6 is 0 Å². The van der Waals surface area contributed by atoms with E-state index in [2.05, 4.69) is 10.3 Å². The fourth-order valence-corrected chi connectivity index (χ4v) is 2.24. The van der Waals surface area contributed by atoms with Crippen molar-refractivity contribution in [3.8, 4) is 0 Å². The lowest BCUT2D eigenvalue weighted by molar-refractivity contribution is -0.139. The third kappa shape index (κ3) is 2.67. The topological polar surface area (TPSA) is 79.3 Å². The number of aliphatic carboxylic acids is 1. The molecule has 1 aliphatic rings. The van der Waals surface area contributed by atoms with Crippen LogP contribution in [0.25, 0.3) is 0 Å². The zero-order valence-electron chi connectivity index (χ0n) is 10.3. The Bertz CT molecular complexity index is 481. The molecule has 5 heteroatoms. The number of carbonyl (C=O) groups is 2. The van der Waals surface area contributed by atoms with E-state index in [4.69, 9.17) is 5.11 Å². The van der Waals surface area contributed by atoms with Crippen LogP contribution in [-0.4, -0.2) is 27.5 Å². The second-order valence-corrected chi connectivity index (χ2v) is 4.84. The van der Waals surface area contributed by atoms with Crippen LogP contribution < -0.4 is 5.32 Å². The molecule has 0 atom stereocenters. The lowest BCUT2D eigenvalue weighted by Crippen LogP contribution is -2.54. The molecule has 1 aromatic heterocycles. The van der Waals surface area contributed by atoms with E-state index in [0.29, 0.717) is 5.56 Å². The smallest absolute Gasteiger partial charge is 0.305 e. The fourth-order valence-electron chi connectivity index (χ4n) is 2.24. The van der Waals surface area contributed by atoms with Gasteiger partial charge in [0.25, 0.3) is 5.91 Å². The van der Waals surface area contributed by atoms with Crippen molar-refractivity contribution in [2.24, 2.45) is 0 Å². The molecule has 0 saturated heterocycles. The summed E-state index contributed by atoms with van der Waals surface area (Å²) in [5.41, 5.74) is 0.739. The maximum absolute atomic E-state index is 12.1. The van der Waals surface area contributed by atoms with E-state index in [-0.39, 0.29) is 12.3 Å². The minimum atomic E-state index is -0.874. The first-order valence-electron chi connectivity index (χ1n) is 5.98. The molecule has 1 fully saturated rings. The quantitative estimate of drug-likeness (QED) is 0.846. The molecule has 2 N–H and O–H groups in total. The molecule has 5 nitrogen and oxygen atoms in total. The molecule has 2 rings (SSSR count). The molecule has 1 aliphatic carbocycles. The lowest BCUT2D eigenvalue weighted by atomic mass is 9.74. The fraction of sp³-hybridized carbons (Fsp3) is 0.462. The van der Waals surface area contributed by atoms with Gasteiger partial charge in [-0.25, -0.2) is 0 Å². The van der Waals surface area contributed by atoms with Gasteiger partial charge in [0.1, 0.15) is 0 Å². The average molecular weight is 248 g/mol. The first kappa shape index (κ1) is 12.5. The number of amides is 1. The van der Waals surface area contributed by atoms with Crippen LogP contribution in [0.5, 0.6) is 0 Å². The van der Waals surface area contributed by atoms with Crippen LogP contribution in [0.3, 0.4) is 0 Å². The molecule has 0 spiro atoms. The predicted molar refractivity (Wildman–Crippen MR) is 65.3 cm³/mol. The zero-order valence-corrected chi connectivity index (χ0v) is 10.3. The molecule has 96 valence electrons. The van der Waals surface area contributed by atoms with Crippen molar-refractivity contribution in [2.75, 3.05) is 0 Å². The van der Waals surface area contributed by atoms with Gasteiger partial charge in [0, 0.05) is 17.5 Å². The summed E-state index contributed by atoms with van der Waals surface area (Å²) in [6.07, 6.45) is 3.99. The van der Waals surface area contributed by atoms with Crippen molar-refractivity contribution >= 4 is 11.9 Å². The number of aromatic nitrogens is 1. The average Bonchev–Trinajstić information content (AvgIpc) is 2.25. The van der Waals surface area contributed by atoms with E-state index in [9.17, 15) is 9.59 Å². The van der Waals surface area contributed by atoms with Crippen LogP contribution in [0.4, 0.5) is 0 Å². The van der Waals surface area contributed by atoms with Crippen LogP contribution in [-0.2, 0) is 4.79 Å². The normalized spacial score (nSPS) is 16.7. The van der Waals surface area contributed by atoms with Gasteiger partial charge >= 0.3 is 5.97 Å². The van der Waals surface area contributed by atoms with Crippen molar-refractivity contribution < 1.29 is 14.7 Å². The monoisotopic (exact) mass is 248 g/mol. The molecule has 18 heavy (non-hydrogen) atoms. The number of carboxylic acid groups (broad SMARTS) is 1. The maximum atomic E-state index is 12.1. The summed E-state index contributed by atoms with van der Waals surface area (Å²) >= 11 is 0. The van der Waals surface area contributed by atoms with E-state index in [0.717, 1.165) is 25.0 Å². The van der Waals surface area contributed by atoms with Gasteiger partial charge in [-0.3, -0.25) is 14.6 Å². The molecule has 1 heterocycles. The lowest BCUT2D eigenvalue weighted by Gasteiger charge is -2.41. The molecular weight excluding hydrogens is 232 g/mol. The van der Waals surface area contributed by atoms with Gasteiger partial charge < -0.3 is 10.4 Å². The highest BCUT2D eigenvalue weighted by Crippen LogP contribution is 2.35. The predicted octanol–water partition coefficient (Wildman–Crippen LogP) is 1.52. The van der Waals surface area contributed by atoms with Gasteiger partial charge in [0.05, 0.1) is 12.0 Å². The standard InChI is InChI=1S/C13H16N2O3/c1-9-7-10(3-6-14-9)12(18)15-13(4-2-5-13)8-11(16)17/h3,6-7H,2,4-5,8H2,1H3,(H,15,18)(H,16,17). The maximum Gasteiger partial charge on any atom is 0.305 e. The van der Waals surface area contributed by atoms with Gasteiger partial charge in [0.15, 0.2) is 0 Å². The Hall–Kier alpha value is -1.91. The number of hydrogen-bond acceptors (Lipinski definition) is 3. The van der Waals surface area contributed by atoms with Crippen molar-refractivity contribution in [1.82, 2.24) is 10.3 Å². The van der Waals surface area contributed by atoms with Crippen LogP contribution in [0.2, 0.25) is 0 Å². The Morgan fingerprint density at radius 2 is 2.22 bits per heavy atom. The highest BCUT2D eigenvalue weighted by atomic mass is 16.4. The summed E-state index contributed by atoms with van der Waals surface area (Å²) in [5.74, 6) is -1.10. The van der Waals surface area contributed by atoms with Gasteiger partial charge in [-0.05, 0) is 38.3 Å². The van der Waals surface area contributed by atoms with Crippen LogP contribution in [0, 0.1) is 6.92 Å². The number of hydrogen-bond donors (Lipinski definition) is 2. The summed E-state index contributed by atoms with van der Waals surface area (Å²) in [6.45, 7) is 1.81. The Balaban J connectivity index is 2.08. The number of carboxylic acids is 1. The Morgan fingerprint density at radius 1 is 1.50 bits per heavy atom. The molecule has 0 aliphatic heterocycles. The highest BCUT2D eigenvalue weighted by molar-refractivity contribution is 5.95. The molecule has 1 aromatic rings. The summed E-state index contributed by atoms with van der Waals surface area (Å²) in [4.78, 5) is 26.9. The number of aryl methyl sites for hydroxylation is 1. The minimum absolute atomic E-state index is 0.0111. The van der Waals surface area contributed by atoms with Crippen molar-refractivity contribution in [3.05, 3.63) is 29.6 Å². The molecular formula is C13H16N2O3. The SMILES string of the molecule is Cc1cc(C(=O)NC2(CC(=O)O)CCC2)ccn1. The molecule has 0 bridgehead atoms. The molecule has 0 aromatic carbocycles.